The Hall–Kier alpha value is -2.04. The Kier molecular flexibility index (Phi) is 4.61. The fourth-order valence-corrected chi connectivity index (χ4v) is 2.24. The van der Waals surface area contributed by atoms with Crippen molar-refractivity contribution in [2.24, 2.45) is 0 Å². The third-order valence-corrected chi connectivity index (χ3v) is 3.37. The van der Waals surface area contributed by atoms with E-state index >= 15 is 0 Å². The standard InChI is InChI=1S/C15H18O5/c1-18-13-8-7-10(9-14(13)19-2)15(17)20-12-6-4-3-5-11(12)16/h7-9,12H,3-6H2,1-2H3/t12-/m0/s1. The number of hydrogen-bond donors (Lipinski definition) is 0. The zero-order valence-electron chi connectivity index (χ0n) is 11.7. The summed E-state index contributed by atoms with van der Waals surface area (Å²) in [6.07, 6.45) is 2.28. The number of benzene rings is 1. The summed E-state index contributed by atoms with van der Waals surface area (Å²) >= 11 is 0. The van der Waals surface area contributed by atoms with E-state index in [9.17, 15) is 9.59 Å². The first kappa shape index (κ1) is 14.4. The highest BCUT2D eigenvalue weighted by Crippen LogP contribution is 2.28. The number of methoxy groups -OCH3 is 2. The number of carbonyl (C=O) groups is 2. The van der Waals surface area contributed by atoms with Crippen LogP contribution in [0.2, 0.25) is 0 Å². The van der Waals surface area contributed by atoms with Crippen LogP contribution >= 0.6 is 0 Å². The van der Waals surface area contributed by atoms with Gasteiger partial charge in [0.1, 0.15) is 0 Å². The molecule has 2 rings (SSSR count). The number of esters is 1. The lowest BCUT2D eigenvalue weighted by Crippen LogP contribution is -2.30. The molecule has 1 aliphatic carbocycles. The van der Waals surface area contributed by atoms with Crippen LogP contribution in [0.4, 0.5) is 0 Å². The molecular formula is C15H18O5. The Labute approximate surface area is 117 Å². The minimum Gasteiger partial charge on any atom is -0.493 e. The normalized spacial score (nSPS) is 18.5. The van der Waals surface area contributed by atoms with Gasteiger partial charge in [-0.25, -0.2) is 4.79 Å². The van der Waals surface area contributed by atoms with E-state index in [1.165, 1.54) is 14.2 Å². The zero-order valence-corrected chi connectivity index (χ0v) is 11.7. The van der Waals surface area contributed by atoms with Crippen LogP contribution in [0, 0.1) is 0 Å². The summed E-state index contributed by atoms with van der Waals surface area (Å²) in [6.45, 7) is 0. The zero-order chi connectivity index (χ0) is 14.5. The van der Waals surface area contributed by atoms with E-state index in [0.717, 1.165) is 12.8 Å². The lowest BCUT2D eigenvalue weighted by molar-refractivity contribution is -0.129. The second-order valence-corrected chi connectivity index (χ2v) is 4.68. The first-order valence-corrected chi connectivity index (χ1v) is 6.61. The first-order chi connectivity index (χ1) is 9.65. The molecule has 5 nitrogen and oxygen atoms in total. The lowest BCUT2D eigenvalue weighted by Gasteiger charge is -2.20. The Bertz CT molecular complexity index is 509. The van der Waals surface area contributed by atoms with Gasteiger partial charge in [0.2, 0.25) is 0 Å². The molecule has 0 aliphatic heterocycles. The summed E-state index contributed by atoms with van der Waals surface area (Å²) < 4.78 is 15.5. The van der Waals surface area contributed by atoms with Gasteiger partial charge in [0.25, 0.3) is 0 Å². The molecule has 108 valence electrons. The molecule has 5 heteroatoms. The second-order valence-electron chi connectivity index (χ2n) is 4.68. The van der Waals surface area contributed by atoms with Gasteiger partial charge in [-0.1, -0.05) is 0 Å². The number of rotatable bonds is 4. The van der Waals surface area contributed by atoms with E-state index in [0.29, 0.717) is 29.9 Å². The van der Waals surface area contributed by atoms with E-state index in [1.807, 2.05) is 0 Å². The van der Waals surface area contributed by atoms with Gasteiger partial charge < -0.3 is 14.2 Å². The van der Waals surface area contributed by atoms with E-state index in [1.54, 1.807) is 18.2 Å². The predicted molar refractivity (Wildman–Crippen MR) is 72.2 cm³/mol. The van der Waals surface area contributed by atoms with Crippen LogP contribution < -0.4 is 9.47 Å². The van der Waals surface area contributed by atoms with Crippen molar-refractivity contribution in [3.8, 4) is 11.5 Å². The highest BCUT2D eigenvalue weighted by Gasteiger charge is 2.26. The number of Topliss-reactive ketones (excluding diaryl/α,β-unsaturated/α-hetero) is 1. The van der Waals surface area contributed by atoms with Crippen molar-refractivity contribution in [1.82, 2.24) is 0 Å². The van der Waals surface area contributed by atoms with Crippen LogP contribution in [-0.2, 0) is 9.53 Å². The first-order valence-electron chi connectivity index (χ1n) is 6.61. The highest BCUT2D eigenvalue weighted by atomic mass is 16.5. The molecule has 1 atom stereocenters. The minimum absolute atomic E-state index is 0.00470. The number of ketones is 1. The molecule has 1 aromatic rings. The van der Waals surface area contributed by atoms with Gasteiger partial charge in [-0.3, -0.25) is 4.79 Å². The Morgan fingerprint density at radius 1 is 1.15 bits per heavy atom. The summed E-state index contributed by atoms with van der Waals surface area (Å²) in [5.41, 5.74) is 0.348. The maximum absolute atomic E-state index is 12.1. The van der Waals surface area contributed by atoms with Gasteiger partial charge in [0, 0.05) is 6.42 Å². The van der Waals surface area contributed by atoms with E-state index in [4.69, 9.17) is 14.2 Å². The van der Waals surface area contributed by atoms with Crippen molar-refractivity contribution in [2.45, 2.75) is 31.8 Å². The summed E-state index contributed by atoms with van der Waals surface area (Å²) in [5.74, 6) is 0.492. The number of carbonyl (C=O) groups excluding carboxylic acids is 2. The number of ether oxygens (including phenoxy) is 3. The van der Waals surface area contributed by atoms with Gasteiger partial charge in [-0.2, -0.15) is 0 Å². The Morgan fingerprint density at radius 2 is 1.90 bits per heavy atom. The van der Waals surface area contributed by atoms with E-state index in [2.05, 4.69) is 0 Å². The van der Waals surface area contributed by atoms with Crippen LogP contribution in [0.25, 0.3) is 0 Å². The second kappa shape index (κ2) is 6.41. The smallest absolute Gasteiger partial charge is 0.338 e. The van der Waals surface area contributed by atoms with Crippen molar-refractivity contribution in [1.29, 1.82) is 0 Å². The van der Waals surface area contributed by atoms with Crippen LogP contribution in [0.5, 0.6) is 11.5 Å². The van der Waals surface area contributed by atoms with Crippen LogP contribution in [0.15, 0.2) is 18.2 Å². The van der Waals surface area contributed by atoms with E-state index in [-0.39, 0.29) is 5.78 Å². The molecule has 0 amide bonds. The van der Waals surface area contributed by atoms with Crippen molar-refractivity contribution in [3.05, 3.63) is 23.8 Å². The molecule has 1 saturated carbocycles. The van der Waals surface area contributed by atoms with E-state index < -0.39 is 12.1 Å². The largest absolute Gasteiger partial charge is 0.493 e. The molecule has 0 heterocycles. The summed E-state index contributed by atoms with van der Waals surface area (Å²) in [7, 11) is 3.02. The average Bonchev–Trinajstić information content (AvgIpc) is 2.48. The number of hydrogen-bond acceptors (Lipinski definition) is 5. The quantitative estimate of drug-likeness (QED) is 0.791. The topological polar surface area (TPSA) is 61.8 Å². The summed E-state index contributed by atoms with van der Waals surface area (Å²) in [5, 5.41) is 0. The summed E-state index contributed by atoms with van der Waals surface area (Å²) in [4.78, 5) is 23.7. The molecule has 0 unspecified atom stereocenters. The van der Waals surface area contributed by atoms with Crippen molar-refractivity contribution >= 4 is 11.8 Å². The SMILES string of the molecule is COc1ccc(C(=O)O[C@H]2CCCCC2=O)cc1OC. The molecular weight excluding hydrogens is 260 g/mol. The third-order valence-electron chi connectivity index (χ3n) is 3.37. The van der Waals surface area contributed by atoms with Gasteiger partial charge in [-0.15, -0.1) is 0 Å². The maximum atomic E-state index is 12.1. The molecule has 1 fully saturated rings. The Morgan fingerprint density at radius 3 is 2.55 bits per heavy atom. The molecule has 0 saturated heterocycles. The fourth-order valence-electron chi connectivity index (χ4n) is 2.24. The maximum Gasteiger partial charge on any atom is 0.338 e. The van der Waals surface area contributed by atoms with Gasteiger partial charge >= 0.3 is 5.97 Å². The molecule has 1 aliphatic rings. The lowest BCUT2D eigenvalue weighted by atomic mass is 9.96. The van der Waals surface area contributed by atoms with Crippen molar-refractivity contribution in [2.75, 3.05) is 14.2 Å². The average molecular weight is 278 g/mol. The molecule has 1 aromatic carbocycles. The van der Waals surface area contributed by atoms with Crippen LogP contribution in [0.1, 0.15) is 36.0 Å². The minimum atomic E-state index is -0.607. The third kappa shape index (κ3) is 3.10. The molecule has 0 radical (unpaired) electrons. The van der Waals surface area contributed by atoms with Gasteiger partial charge in [-0.05, 0) is 37.5 Å². The highest BCUT2D eigenvalue weighted by molar-refractivity contribution is 5.93. The summed E-state index contributed by atoms with van der Waals surface area (Å²) in [6, 6.07) is 4.78. The monoisotopic (exact) mass is 278 g/mol. The molecule has 20 heavy (non-hydrogen) atoms. The van der Waals surface area contributed by atoms with Crippen LogP contribution in [-0.4, -0.2) is 32.1 Å². The molecule has 0 spiro atoms. The van der Waals surface area contributed by atoms with Crippen LogP contribution in [0.3, 0.4) is 0 Å². The molecule has 0 N–H and O–H groups in total. The Balaban J connectivity index is 2.10. The predicted octanol–water partition coefficient (Wildman–Crippen LogP) is 2.37. The van der Waals surface area contributed by atoms with Gasteiger partial charge in [0.05, 0.1) is 19.8 Å². The van der Waals surface area contributed by atoms with Crippen molar-refractivity contribution < 1.29 is 23.8 Å². The van der Waals surface area contributed by atoms with Crippen molar-refractivity contribution in [3.63, 3.8) is 0 Å². The fraction of sp³-hybridized carbons (Fsp3) is 0.467. The molecule has 0 bridgehead atoms. The molecule has 0 aromatic heterocycles. The van der Waals surface area contributed by atoms with Gasteiger partial charge in [0.15, 0.2) is 23.4 Å².